The zero-order chi connectivity index (χ0) is 18.9. The first-order valence-corrected chi connectivity index (χ1v) is 8.21. The Morgan fingerprint density at radius 2 is 1.52 bits per heavy atom. The highest BCUT2D eigenvalue weighted by atomic mass is 19.4. The van der Waals surface area contributed by atoms with Crippen LogP contribution in [0.25, 0.3) is 5.82 Å². The lowest BCUT2D eigenvalue weighted by atomic mass is 10.2. The van der Waals surface area contributed by atoms with Crippen molar-refractivity contribution in [2.75, 3.05) is 36.0 Å². The number of piperazine rings is 1. The number of nitrogens with zero attached hydrogens (tertiary/aromatic N) is 8. The van der Waals surface area contributed by atoms with E-state index >= 15 is 0 Å². The van der Waals surface area contributed by atoms with Gasteiger partial charge in [0.05, 0.1) is 5.56 Å². The van der Waals surface area contributed by atoms with Gasteiger partial charge in [0.2, 0.25) is 0 Å². The van der Waals surface area contributed by atoms with Gasteiger partial charge in [-0.25, -0.2) is 24.6 Å². The Morgan fingerprint density at radius 3 is 2.11 bits per heavy atom. The molecule has 4 rings (SSSR count). The molecule has 0 aliphatic carbocycles. The maximum absolute atomic E-state index is 12.7. The van der Waals surface area contributed by atoms with Crippen molar-refractivity contribution in [1.29, 1.82) is 0 Å². The Hall–Kier alpha value is -3.24. The molecule has 0 N–H and O–H groups in total. The van der Waals surface area contributed by atoms with Gasteiger partial charge in [0.25, 0.3) is 0 Å². The standard InChI is InChI=1S/C16H15F3N8/c17-16(18,19)12-1-2-13(21-8-12)25-3-5-26(6-4-25)14-7-15(23-10-22-14)27-11-20-9-24-27/h1-2,7-11H,3-6H2. The Bertz CT molecular complexity index is 887. The third-order valence-corrected chi connectivity index (χ3v) is 4.29. The molecule has 3 aromatic rings. The van der Waals surface area contributed by atoms with Crippen LogP contribution in [0.5, 0.6) is 0 Å². The summed E-state index contributed by atoms with van der Waals surface area (Å²) in [7, 11) is 0. The van der Waals surface area contributed by atoms with E-state index in [0.29, 0.717) is 37.8 Å². The van der Waals surface area contributed by atoms with Gasteiger partial charge < -0.3 is 9.80 Å². The van der Waals surface area contributed by atoms with E-state index < -0.39 is 11.7 Å². The first-order chi connectivity index (χ1) is 13.0. The van der Waals surface area contributed by atoms with E-state index in [1.165, 1.54) is 18.7 Å². The molecule has 0 bridgehead atoms. The van der Waals surface area contributed by atoms with Gasteiger partial charge >= 0.3 is 6.18 Å². The molecule has 4 heterocycles. The number of aromatic nitrogens is 6. The highest BCUT2D eigenvalue weighted by molar-refractivity contribution is 5.47. The molecule has 1 saturated heterocycles. The van der Waals surface area contributed by atoms with Crippen molar-refractivity contribution in [2.45, 2.75) is 6.18 Å². The molecular weight excluding hydrogens is 361 g/mol. The first kappa shape index (κ1) is 17.2. The third-order valence-electron chi connectivity index (χ3n) is 4.29. The fraction of sp³-hybridized carbons (Fsp3) is 0.312. The van der Waals surface area contributed by atoms with Gasteiger partial charge in [-0.2, -0.15) is 18.3 Å². The predicted molar refractivity (Wildman–Crippen MR) is 90.6 cm³/mol. The van der Waals surface area contributed by atoms with Crippen LogP contribution < -0.4 is 9.80 Å². The molecule has 0 unspecified atom stereocenters. The molecular formula is C16H15F3N8. The largest absolute Gasteiger partial charge is 0.417 e. The summed E-state index contributed by atoms with van der Waals surface area (Å²) in [6, 6.07) is 4.29. The summed E-state index contributed by atoms with van der Waals surface area (Å²) in [5, 5.41) is 4.05. The van der Waals surface area contributed by atoms with Crippen LogP contribution in [0.4, 0.5) is 24.8 Å². The highest BCUT2D eigenvalue weighted by Crippen LogP contribution is 2.29. The minimum Gasteiger partial charge on any atom is -0.353 e. The molecule has 0 spiro atoms. The molecule has 0 amide bonds. The van der Waals surface area contributed by atoms with E-state index in [0.717, 1.165) is 18.1 Å². The van der Waals surface area contributed by atoms with Gasteiger partial charge in [-0.1, -0.05) is 0 Å². The SMILES string of the molecule is FC(F)(F)c1ccc(N2CCN(c3cc(-n4cncn4)ncn3)CC2)nc1. The molecule has 140 valence electrons. The Morgan fingerprint density at radius 1 is 0.815 bits per heavy atom. The molecule has 1 aliphatic heterocycles. The summed E-state index contributed by atoms with van der Waals surface area (Å²) < 4.78 is 39.5. The predicted octanol–water partition coefficient (Wildman–Crippen LogP) is 1.80. The molecule has 0 atom stereocenters. The molecule has 0 aromatic carbocycles. The van der Waals surface area contributed by atoms with Crippen LogP contribution in [-0.4, -0.2) is 55.9 Å². The quantitative estimate of drug-likeness (QED) is 0.690. The van der Waals surface area contributed by atoms with Crippen molar-refractivity contribution < 1.29 is 13.2 Å². The Kier molecular flexibility index (Phi) is 4.34. The summed E-state index contributed by atoms with van der Waals surface area (Å²) in [6.45, 7) is 2.58. The zero-order valence-corrected chi connectivity index (χ0v) is 14.1. The summed E-state index contributed by atoms with van der Waals surface area (Å²) >= 11 is 0. The van der Waals surface area contributed by atoms with Gasteiger partial charge in [-0.3, -0.25) is 0 Å². The Labute approximate surface area is 152 Å². The van der Waals surface area contributed by atoms with Crippen LogP contribution in [0.15, 0.2) is 43.4 Å². The van der Waals surface area contributed by atoms with Crippen LogP contribution in [0, 0.1) is 0 Å². The summed E-state index contributed by atoms with van der Waals surface area (Å²) in [5.74, 6) is 1.91. The van der Waals surface area contributed by atoms with Crippen LogP contribution in [0.2, 0.25) is 0 Å². The van der Waals surface area contributed by atoms with E-state index in [1.54, 1.807) is 11.0 Å². The molecule has 1 fully saturated rings. The Balaban J connectivity index is 1.43. The zero-order valence-electron chi connectivity index (χ0n) is 14.1. The van der Waals surface area contributed by atoms with Crippen LogP contribution in [0.1, 0.15) is 5.56 Å². The van der Waals surface area contributed by atoms with Crippen LogP contribution >= 0.6 is 0 Å². The van der Waals surface area contributed by atoms with Crippen molar-refractivity contribution in [3.8, 4) is 5.82 Å². The van der Waals surface area contributed by atoms with Crippen molar-refractivity contribution >= 4 is 11.6 Å². The van der Waals surface area contributed by atoms with Gasteiger partial charge in [-0.15, -0.1) is 0 Å². The fourth-order valence-corrected chi connectivity index (χ4v) is 2.87. The molecule has 11 heteroatoms. The maximum atomic E-state index is 12.7. The van der Waals surface area contributed by atoms with Crippen molar-refractivity contribution in [3.63, 3.8) is 0 Å². The molecule has 3 aromatic heterocycles. The van der Waals surface area contributed by atoms with Gasteiger partial charge in [0, 0.05) is 38.4 Å². The highest BCUT2D eigenvalue weighted by Gasteiger charge is 2.31. The fourth-order valence-electron chi connectivity index (χ4n) is 2.87. The second kappa shape index (κ2) is 6.82. The topological polar surface area (TPSA) is 75.9 Å². The number of alkyl halides is 3. The maximum Gasteiger partial charge on any atom is 0.417 e. The minimum atomic E-state index is -4.38. The average Bonchev–Trinajstić information content (AvgIpc) is 3.23. The number of anilines is 2. The van der Waals surface area contributed by atoms with Gasteiger partial charge in [0.15, 0.2) is 5.82 Å². The van der Waals surface area contributed by atoms with Gasteiger partial charge in [-0.05, 0) is 12.1 Å². The number of hydrogen-bond acceptors (Lipinski definition) is 7. The summed E-state index contributed by atoms with van der Waals surface area (Å²) in [6.07, 6.45) is 0.948. The van der Waals surface area contributed by atoms with Crippen molar-refractivity contribution in [2.24, 2.45) is 0 Å². The first-order valence-electron chi connectivity index (χ1n) is 8.21. The number of hydrogen-bond donors (Lipinski definition) is 0. The van der Waals surface area contributed by atoms with Crippen LogP contribution in [0.3, 0.4) is 0 Å². The third kappa shape index (κ3) is 3.66. The van der Waals surface area contributed by atoms with Crippen LogP contribution in [-0.2, 0) is 6.18 Å². The summed E-state index contributed by atoms with van der Waals surface area (Å²) in [4.78, 5) is 20.4. The van der Waals surface area contributed by atoms with E-state index in [-0.39, 0.29) is 0 Å². The van der Waals surface area contributed by atoms with Crippen molar-refractivity contribution in [3.05, 3.63) is 48.9 Å². The van der Waals surface area contributed by atoms with E-state index in [4.69, 9.17) is 0 Å². The molecule has 8 nitrogen and oxygen atoms in total. The van der Waals surface area contributed by atoms with Gasteiger partial charge in [0.1, 0.15) is 30.6 Å². The minimum absolute atomic E-state index is 0.536. The lowest BCUT2D eigenvalue weighted by molar-refractivity contribution is -0.137. The summed E-state index contributed by atoms with van der Waals surface area (Å²) in [5.41, 5.74) is -0.744. The van der Waals surface area contributed by atoms with E-state index in [1.807, 2.05) is 11.0 Å². The molecule has 0 radical (unpaired) electrons. The number of pyridine rings is 1. The normalized spacial score (nSPS) is 15.2. The monoisotopic (exact) mass is 376 g/mol. The number of halogens is 3. The molecule has 27 heavy (non-hydrogen) atoms. The van der Waals surface area contributed by atoms with E-state index in [9.17, 15) is 13.2 Å². The van der Waals surface area contributed by atoms with Crippen molar-refractivity contribution in [1.82, 2.24) is 29.7 Å². The smallest absolute Gasteiger partial charge is 0.353 e. The second-order valence-electron chi connectivity index (χ2n) is 5.95. The second-order valence-corrected chi connectivity index (χ2v) is 5.95. The average molecular weight is 376 g/mol. The number of rotatable bonds is 3. The lowest BCUT2D eigenvalue weighted by Gasteiger charge is -2.36. The molecule has 1 aliphatic rings. The van der Waals surface area contributed by atoms with E-state index in [2.05, 4.69) is 29.9 Å². The lowest BCUT2D eigenvalue weighted by Crippen LogP contribution is -2.47. The molecule has 0 saturated carbocycles.